The maximum absolute atomic E-state index is 5.74. The second-order valence-electron chi connectivity index (χ2n) is 20.3. The summed E-state index contributed by atoms with van der Waals surface area (Å²) in [4.78, 5) is 19.6. The Hall–Kier alpha value is -8.81. The number of fused-ring (bicyclic) bond motifs is 13. The molecule has 1 aliphatic carbocycles. The molecule has 0 bridgehead atoms. The Morgan fingerprint density at radius 2 is 0.972 bits per heavy atom. The smallest absolute Gasteiger partial charge is 0.240 e. The third-order valence-corrected chi connectivity index (χ3v) is 16.7. The Morgan fingerprint density at radius 3 is 1.72 bits per heavy atom. The van der Waals surface area contributed by atoms with Crippen molar-refractivity contribution in [1.82, 2.24) is 28.7 Å². The first-order valence-corrected chi connectivity index (χ1v) is 25.3. The van der Waals surface area contributed by atoms with E-state index in [2.05, 4.69) is 245 Å². The molecule has 0 saturated heterocycles. The summed E-state index contributed by atoms with van der Waals surface area (Å²) >= 11 is 0. The molecule has 0 N–H and O–H groups in total. The number of anilines is 2. The maximum atomic E-state index is 5.74. The molecule has 0 amide bonds. The minimum absolute atomic E-state index is 0.0979. The summed E-state index contributed by atoms with van der Waals surface area (Å²) in [5, 5.41) is 7.10. The molecule has 5 heterocycles. The fraction of sp³-hybridized carbons (Fsp3) is 0.123. The van der Waals surface area contributed by atoms with Crippen LogP contribution in [-0.2, 0) is 5.41 Å². The van der Waals surface area contributed by atoms with E-state index in [-0.39, 0.29) is 11.0 Å². The standard InChI is InChI=1S/C65H49N7/c1-64-39-18-19-40-65(64,2)72(57-36-17-11-30-51(57)64)63-67-61(50-29-10-16-35-56(50)70-53-32-13-6-25-45(53)46-26-7-14-33-54(46)70)66-62(68-63)71-55-34-15-9-28-49(55)59-58(71)38-37-48-47-27-8-12-31-52(47)69(60(48)59)44-24-20-23-43(41-44)42-21-4-3-5-22-42/h3-17,20-38,41H,18-19,39-40H2,1-2H3. The minimum atomic E-state index is -0.278. The molecule has 0 radical (unpaired) electrons. The van der Waals surface area contributed by atoms with Crippen LogP contribution in [0.15, 0.2) is 212 Å². The number of para-hydroxylation sites is 6. The van der Waals surface area contributed by atoms with E-state index < -0.39 is 0 Å². The van der Waals surface area contributed by atoms with Crippen molar-refractivity contribution in [3.63, 3.8) is 0 Å². The highest BCUT2D eigenvalue weighted by atomic mass is 15.4. The molecule has 1 fully saturated rings. The van der Waals surface area contributed by atoms with Crippen molar-refractivity contribution in [2.24, 2.45) is 0 Å². The minimum Gasteiger partial charge on any atom is -0.309 e. The van der Waals surface area contributed by atoms with Crippen LogP contribution in [0.3, 0.4) is 0 Å². The van der Waals surface area contributed by atoms with Crippen LogP contribution in [0.2, 0.25) is 0 Å². The molecule has 7 nitrogen and oxygen atoms in total. The van der Waals surface area contributed by atoms with Crippen molar-refractivity contribution in [2.75, 3.05) is 4.90 Å². The molecule has 9 aromatic carbocycles. The summed E-state index contributed by atoms with van der Waals surface area (Å²) < 4.78 is 7.15. The van der Waals surface area contributed by atoms with Gasteiger partial charge in [0, 0.05) is 54.7 Å². The molecule has 344 valence electrons. The molecular weight excluding hydrogens is 879 g/mol. The zero-order valence-electron chi connectivity index (χ0n) is 40.2. The lowest BCUT2D eigenvalue weighted by Gasteiger charge is -2.49. The molecular formula is C65H49N7. The van der Waals surface area contributed by atoms with Gasteiger partial charge in [-0.2, -0.15) is 15.0 Å². The molecule has 2 aliphatic rings. The highest BCUT2D eigenvalue weighted by molar-refractivity contribution is 6.26. The number of hydrogen-bond donors (Lipinski definition) is 0. The van der Waals surface area contributed by atoms with Gasteiger partial charge in [0.1, 0.15) is 0 Å². The van der Waals surface area contributed by atoms with Gasteiger partial charge in [-0.25, -0.2) is 0 Å². The van der Waals surface area contributed by atoms with E-state index in [4.69, 9.17) is 15.0 Å². The van der Waals surface area contributed by atoms with Crippen LogP contribution in [0.25, 0.3) is 105 Å². The van der Waals surface area contributed by atoms with Crippen molar-refractivity contribution in [2.45, 2.75) is 50.5 Å². The molecule has 72 heavy (non-hydrogen) atoms. The molecule has 1 aliphatic heterocycles. The lowest BCUT2D eigenvalue weighted by atomic mass is 9.61. The summed E-state index contributed by atoms with van der Waals surface area (Å²) in [5.41, 5.74) is 14.2. The monoisotopic (exact) mass is 927 g/mol. The van der Waals surface area contributed by atoms with Crippen molar-refractivity contribution < 1.29 is 0 Å². The Labute approximate surface area is 416 Å². The second-order valence-corrected chi connectivity index (χ2v) is 20.3. The molecule has 2 unspecified atom stereocenters. The molecule has 1 saturated carbocycles. The zero-order chi connectivity index (χ0) is 47.7. The van der Waals surface area contributed by atoms with E-state index in [9.17, 15) is 0 Å². The Bertz CT molecular complexity index is 4300. The van der Waals surface area contributed by atoms with Gasteiger partial charge in [0.15, 0.2) is 5.82 Å². The highest BCUT2D eigenvalue weighted by Crippen LogP contribution is 2.60. The lowest BCUT2D eigenvalue weighted by Crippen LogP contribution is -2.55. The van der Waals surface area contributed by atoms with Crippen molar-refractivity contribution in [1.29, 1.82) is 0 Å². The van der Waals surface area contributed by atoms with Gasteiger partial charge in [-0.3, -0.25) is 4.57 Å². The van der Waals surface area contributed by atoms with Crippen LogP contribution in [0.4, 0.5) is 11.6 Å². The van der Waals surface area contributed by atoms with Gasteiger partial charge in [-0.05, 0) is 97.1 Å². The quantitative estimate of drug-likeness (QED) is 0.167. The van der Waals surface area contributed by atoms with Gasteiger partial charge in [0.2, 0.25) is 11.9 Å². The topological polar surface area (TPSA) is 56.7 Å². The third-order valence-electron chi connectivity index (χ3n) is 16.7. The van der Waals surface area contributed by atoms with Gasteiger partial charge in [-0.15, -0.1) is 0 Å². The number of benzene rings is 9. The summed E-state index contributed by atoms with van der Waals surface area (Å²) in [6.45, 7) is 4.92. The van der Waals surface area contributed by atoms with Gasteiger partial charge >= 0.3 is 0 Å². The molecule has 4 aromatic heterocycles. The summed E-state index contributed by atoms with van der Waals surface area (Å²) in [6, 6.07) is 76.8. The summed E-state index contributed by atoms with van der Waals surface area (Å²) in [5.74, 6) is 1.86. The predicted octanol–water partition coefficient (Wildman–Crippen LogP) is 16.2. The first-order valence-electron chi connectivity index (χ1n) is 25.3. The number of nitrogens with zero attached hydrogens (tertiary/aromatic N) is 7. The Morgan fingerprint density at radius 1 is 0.403 bits per heavy atom. The number of aromatic nitrogens is 6. The van der Waals surface area contributed by atoms with E-state index in [1.165, 1.54) is 50.3 Å². The summed E-state index contributed by atoms with van der Waals surface area (Å²) in [6.07, 6.45) is 4.46. The van der Waals surface area contributed by atoms with E-state index in [1.807, 2.05) is 0 Å². The van der Waals surface area contributed by atoms with Crippen molar-refractivity contribution in [3.05, 3.63) is 218 Å². The van der Waals surface area contributed by atoms with E-state index >= 15 is 0 Å². The summed E-state index contributed by atoms with van der Waals surface area (Å²) in [7, 11) is 0. The SMILES string of the molecule is CC12CCCCC1(C)N(c1nc(-c3ccccc3-n3c4ccccc4c4ccccc43)nc(-n3c4ccccc4c4c3ccc3c5ccccc5n(-c5cccc(-c6ccccc6)c5)c34)n1)c1ccccc12. The van der Waals surface area contributed by atoms with Gasteiger partial charge < -0.3 is 14.0 Å². The Balaban J connectivity index is 1.04. The van der Waals surface area contributed by atoms with E-state index in [0.717, 1.165) is 80.1 Å². The van der Waals surface area contributed by atoms with Crippen LogP contribution < -0.4 is 4.90 Å². The van der Waals surface area contributed by atoms with Gasteiger partial charge in [-0.1, -0.05) is 171 Å². The molecule has 15 rings (SSSR count). The number of hydrogen-bond acceptors (Lipinski definition) is 4. The number of rotatable bonds is 6. The first kappa shape index (κ1) is 41.0. The average Bonchev–Trinajstić information content (AvgIpc) is 4.13. The fourth-order valence-electron chi connectivity index (χ4n) is 13.2. The van der Waals surface area contributed by atoms with Crippen LogP contribution in [-0.4, -0.2) is 34.2 Å². The average molecular weight is 928 g/mol. The zero-order valence-corrected chi connectivity index (χ0v) is 40.2. The first-order chi connectivity index (χ1) is 35.5. The third kappa shape index (κ3) is 5.64. The molecule has 13 aromatic rings. The normalized spacial score (nSPS) is 17.7. The van der Waals surface area contributed by atoms with Crippen molar-refractivity contribution >= 4 is 77.1 Å². The molecule has 2 atom stereocenters. The van der Waals surface area contributed by atoms with E-state index in [0.29, 0.717) is 17.7 Å². The fourth-order valence-corrected chi connectivity index (χ4v) is 13.2. The van der Waals surface area contributed by atoms with Crippen LogP contribution in [0, 0.1) is 0 Å². The van der Waals surface area contributed by atoms with E-state index in [1.54, 1.807) is 0 Å². The van der Waals surface area contributed by atoms with Crippen molar-refractivity contribution in [3.8, 4) is 39.8 Å². The van der Waals surface area contributed by atoms with Crippen LogP contribution in [0.1, 0.15) is 45.1 Å². The Kier molecular flexibility index (Phi) is 8.74. The predicted molar refractivity (Wildman–Crippen MR) is 297 cm³/mol. The molecule has 7 heteroatoms. The molecule has 0 spiro atoms. The van der Waals surface area contributed by atoms with Crippen LogP contribution >= 0.6 is 0 Å². The van der Waals surface area contributed by atoms with Gasteiger partial charge in [0.05, 0.1) is 44.3 Å². The van der Waals surface area contributed by atoms with Gasteiger partial charge in [0.25, 0.3) is 0 Å². The lowest BCUT2D eigenvalue weighted by molar-refractivity contribution is 0.193. The second kappa shape index (κ2) is 15.3. The maximum Gasteiger partial charge on any atom is 0.240 e. The van der Waals surface area contributed by atoms with Crippen LogP contribution in [0.5, 0.6) is 0 Å². The highest BCUT2D eigenvalue weighted by Gasteiger charge is 2.58. The largest absolute Gasteiger partial charge is 0.309 e.